The van der Waals surface area contributed by atoms with E-state index in [2.05, 4.69) is 10.6 Å². The lowest BCUT2D eigenvalue weighted by Gasteiger charge is -2.29. The fourth-order valence-electron chi connectivity index (χ4n) is 1.40. The quantitative estimate of drug-likeness (QED) is 0.517. The van der Waals surface area contributed by atoms with E-state index in [1.807, 2.05) is 6.92 Å². The molecule has 0 aromatic heterocycles. The largest absolute Gasteiger partial charge is 0.465 e. The zero-order valence-electron chi connectivity index (χ0n) is 6.63. The molecule has 4 heteroatoms. The Morgan fingerprint density at radius 3 is 3.00 bits per heavy atom. The van der Waals surface area contributed by atoms with Crippen molar-refractivity contribution in [1.29, 1.82) is 0 Å². The van der Waals surface area contributed by atoms with Gasteiger partial charge < -0.3 is 15.7 Å². The molecule has 0 aliphatic carbocycles. The maximum absolute atomic E-state index is 10.3. The van der Waals surface area contributed by atoms with Gasteiger partial charge >= 0.3 is 6.09 Å². The summed E-state index contributed by atoms with van der Waals surface area (Å²) in [5, 5.41) is 14.1. The molecule has 1 amide bonds. The molecule has 0 spiro atoms. The van der Waals surface area contributed by atoms with Gasteiger partial charge in [0.05, 0.1) is 0 Å². The van der Waals surface area contributed by atoms with E-state index in [0.29, 0.717) is 0 Å². The van der Waals surface area contributed by atoms with Crippen LogP contribution in [0.1, 0.15) is 19.8 Å². The molecule has 64 valence electrons. The average molecular weight is 158 g/mol. The summed E-state index contributed by atoms with van der Waals surface area (Å²) in [7, 11) is 0. The molecule has 0 bridgehead atoms. The first-order valence-electron chi connectivity index (χ1n) is 3.93. The van der Waals surface area contributed by atoms with Gasteiger partial charge in [-0.15, -0.1) is 0 Å². The molecule has 0 unspecified atom stereocenters. The van der Waals surface area contributed by atoms with Gasteiger partial charge in [0, 0.05) is 12.1 Å². The molecule has 1 heterocycles. The third kappa shape index (κ3) is 2.38. The van der Waals surface area contributed by atoms with Crippen LogP contribution in [0.3, 0.4) is 0 Å². The molecular formula is C7H14N2O2. The van der Waals surface area contributed by atoms with Crippen LogP contribution >= 0.6 is 0 Å². The first kappa shape index (κ1) is 8.33. The number of hydrogen-bond donors (Lipinski definition) is 3. The number of hydrogen-bond acceptors (Lipinski definition) is 2. The Kier molecular flexibility index (Phi) is 2.70. The molecular weight excluding hydrogens is 144 g/mol. The maximum atomic E-state index is 10.3. The van der Waals surface area contributed by atoms with Crippen molar-refractivity contribution in [3.05, 3.63) is 0 Å². The normalized spacial score (nSPS) is 31.4. The summed E-state index contributed by atoms with van der Waals surface area (Å²) >= 11 is 0. The van der Waals surface area contributed by atoms with Crippen LogP contribution in [0.25, 0.3) is 0 Å². The molecule has 11 heavy (non-hydrogen) atoms. The van der Waals surface area contributed by atoms with E-state index in [4.69, 9.17) is 5.11 Å². The van der Waals surface area contributed by atoms with Crippen molar-refractivity contribution in [2.75, 3.05) is 6.54 Å². The van der Waals surface area contributed by atoms with Gasteiger partial charge in [0.25, 0.3) is 0 Å². The highest BCUT2D eigenvalue weighted by Crippen LogP contribution is 2.07. The molecule has 0 aromatic rings. The smallest absolute Gasteiger partial charge is 0.404 e. The van der Waals surface area contributed by atoms with Crippen molar-refractivity contribution in [3.63, 3.8) is 0 Å². The van der Waals surface area contributed by atoms with Gasteiger partial charge in [0.2, 0.25) is 0 Å². The average Bonchev–Trinajstić information content (AvgIpc) is 1.93. The van der Waals surface area contributed by atoms with Crippen LogP contribution in [-0.2, 0) is 0 Å². The van der Waals surface area contributed by atoms with Crippen LogP contribution < -0.4 is 10.6 Å². The van der Waals surface area contributed by atoms with Crippen LogP contribution in [0.5, 0.6) is 0 Å². The summed E-state index contributed by atoms with van der Waals surface area (Å²) in [5.41, 5.74) is 0. The van der Waals surface area contributed by atoms with Crippen molar-refractivity contribution in [1.82, 2.24) is 10.6 Å². The number of carbonyl (C=O) groups is 1. The second kappa shape index (κ2) is 3.57. The fourth-order valence-corrected chi connectivity index (χ4v) is 1.40. The van der Waals surface area contributed by atoms with Gasteiger partial charge in [-0.1, -0.05) is 0 Å². The van der Waals surface area contributed by atoms with Crippen LogP contribution in [0, 0.1) is 0 Å². The Balaban J connectivity index is 2.35. The molecule has 1 rings (SSSR count). The van der Waals surface area contributed by atoms with E-state index in [1.54, 1.807) is 0 Å². The lowest BCUT2D eigenvalue weighted by molar-refractivity contribution is 0.182. The molecule has 0 aromatic carbocycles. The monoisotopic (exact) mass is 158 g/mol. The number of carboxylic acid groups (broad SMARTS) is 1. The topological polar surface area (TPSA) is 61.4 Å². The Morgan fingerprint density at radius 1 is 1.73 bits per heavy atom. The zero-order chi connectivity index (χ0) is 8.27. The molecule has 0 saturated carbocycles. The van der Waals surface area contributed by atoms with E-state index in [9.17, 15) is 4.79 Å². The summed E-state index contributed by atoms with van der Waals surface area (Å²) in [6.45, 7) is 3.00. The Morgan fingerprint density at radius 2 is 2.45 bits per heavy atom. The number of amides is 1. The van der Waals surface area contributed by atoms with Gasteiger partial charge in [-0.05, 0) is 26.3 Å². The predicted molar refractivity (Wildman–Crippen MR) is 41.6 cm³/mol. The minimum atomic E-state index is -0.925. The van der Waals surface area contributed by atoms with Crippen molar-refractivity contribution in [3.8, 4) is 0 Å². The number of piperidine rings is 1. The molecule has 0 radical (unpaired) electrons. The van der Waals surface area contributed by atoms with Gasteiger partial charge in [-0.3, -0.25) is 0 Å². The predicted octanol–water partition coefficient (Wildman–Crippen LogP) is 0.395. The van der Waals surface area contributed by atoms with Crippen LogP contribution in [0.15, 0.2) is 0 Å². The number of rotatable bonds is 1. The second-order valence-corrected chi connectivity index (χ2v) is 2.94. The van der Waals surface area contributed by atoms with E-state index in [-0.39, 0.29) is 12.1 Å². The Labute approximate surface area is 66.0 Å². The van der Waals surface area contributed by atoms with Gasteiger partial charge in [-0.25, -0.2) is 4.79 Å². The summed E-state index contributed by atoms with van der Waals surface area (Å²) in [5.74, 6) is 0. The van der Waals surface area contributed by atoms with Crippen molar-refractivity contribution >= 4 is 6.09 Å². The van der Waals surface area contributed by atoms with E-state index >= 15 is 0 Å². The second-order valence-electron chi connectivity index (χ2n) is 2.94. The van der Waals surface area contributed by atoms with E-state index in [1.165, 1.54) is 0 Å². The standard InChI is InChI=1S/C7H14N2O2/c1-5-6(9-7(10)11)3-2-4-8-5/h5-6,8-9H,2-4H2,1H3,(H,10,11)/t5-,6-/m1/s1. The lowest BCUT2D eigenvalue weighted by atomic mass is 10.0. The molecule has 2 atom stereocenters. The Bertz CT molecular complexity index is 149. The molecule has 1 fully saturated rings. The highest BCUT2D eigenvalue weighted by atomic mass is 16.4. The molecule has 1 aliphatic heterocycles. The minimum absolute atomic E-state index is 0.0845. The first-order valence-corrected chi connectivity index (χ1v) is 3.93. The van der Waals surface area contributed by atoms with E-state index in [0.717, 1.165) is 19.4 Å². The first-order chi connectivity index (χ1) is 5.20. The van der Waals surface area contributed by atoms with E-state index < -0.39 is 6.09 Å². The minimum Gasteiger partial charge on any atom is -0.465 e. The van der Waals surface area contributed by atoms with Crippen LogP contribution in [-0.4, -0.2) is 29.8 Å². The summed E-state index contributed by atoms with van der Waals surface area (Å²) in [6.07, 6.45) is 1.07. The maximum Gasteiger partial charge on any atom is 0.404 e. The van der Waals surface area contributed by atoms with Crippen molar-refractivity contribution in [2.24, 2.45) is 0 Å². The molecule has 1 saturated heterocycles. The van der Waals surface area contributed by atoms with Gasteiger partial charge in [-0.2, -0.15) is 0 Å². The fraction of sp³-hybridized carbons (Fsp3) is 0.857. The number of nitrogens with one attached hydrogen (secondary N) is 2. The highest BCUT2D eigenvalue weighted by molar-refractivity contribution is 5.64. The third-order valence-electron chi connectivity index (χ3n) is 2.07. The highest BCUT2D eigenvalue weighted by Gasteiger charge is 2.21. The van der Waals surface area contributed by atoms with Gasteiger partial charge in [0.15, 0.2) is 0 Å². The van der Waals surface area contributed by atoms with Crippen LogP contribution in [0.2, 0.25) is 0 Å². The van der Waals surface area contributed by atoms with Gasteiger partial charge in [0.1, 0.15) is 0 Å². The summed E-state index contributed by atoms with van der Waals surface area (Å²) in [4.78, 5) is 10.3. The van der Waals surface area contributed by atoms with Crippen molar-refractivity contribution in [2.45, 2.75) is 31.8 Å². The summed E-state index contributed by atoms with van der Waals surface area (Å²) < 4.78 is 0. The Hall–Kier alpha value is -0.770. The lowest BCUT2D eigenvalue weighted by Crippen LogP contribution is -2.51. The summed E-state index contributed by atoms with van der Waals surface area (Å²) in [6, 6.07) is 0.348. The molecule has 4 nitrogen and oxygen atoms in total. The zero-order valence-corrected chi connectivity index (χ0v) is 6.63. The van der Waals surface area contributed by atoms with Crippen LogP contribution in [0.4, 0.5) is 4.79 Å². The van der Waals surface area contributed by atoms with Crippen molar-refractivity contribution < 1.29 is 9.90 Å². The molecule has 1 aliphatic rings. The molecule has 3 N–H and O–H groups in total. The SMILES string of the molecule is C[C@H]1NCCC[C@H]1NC(=O)O. The third-order valence-corrected chi connectivity index (χ3v) is 2.07.